The minimum absolute atomic E-state index is 0.0633. The molecule has 1 atom stereocenters. The highest BCUT2D eigenvalue weighted by Crippen LogP contribution is 2.17. The van der Waals surface area contributed by atoms with Gasteiger partial charge in [-0.25, -0.2) is 0 Å². The molecule has 0 aliphatic rings. The molecule has 0 fully saturated rings. The van der Waals surface area contributed by atoms with E-state index in [0.717, 1.165) is 63.7 Å². The first-order valence-electron chi connectivity index (χ1n) is 24.9. The third kappa shape index (κ3) is 43.5. The van der Waals surface area contributed by atoms with Crippen LogP contribution >= 0.6 is 0 Å². The second-order valence-electron chi connectivity index (χ2n) is 17.6. The normalized spacial score (nSPS) is 11.9. The van der Waals surface area contributed by atoms with Crippen LogP contribution in [0.5, 0.6) is 0 Å². The minimum atomic E-state index is -0.759. The van der Waals surface area contributed by atoms with Crippen molar-refractivity contribution in [1.82, 2.24) is 0 Å². The quantitative estimate of drug-likeness (QED) is 0.0347. The molecule has 0 bridgehead atoms. The van der Waals surface area contributed by atoms with Gasteiger partial charge in [-0.1, -0.05) is 240 Å². The Labute approximate surface area is 348 Å². The van der Waals surface area contributed by atoms with Crippen LogP contribution in [0.25, 0.3) is 0 Å². The Bertz CT molecular complexity index is 841. The third-order valence-electron chi connectivity index (χ3n) is 11.3. The molecule has 0 amide bonds. The van der Waals surface area contributed by atoms with E-state index in [-0.39, 0.29) is 31.1 Å². The van der Waals surface area contributed by atoms with Crippen molar-refractivity contribution in [1.29, 1.82) is 0 Å². The smallest absolute Gasteiger partial charge is 0.306 e. The topological polar surface area (TPSA) is 78.9 Å². The van der Waals surface area contributed by atoms with Crippen molar-refractivity contribution in [2.24, 2.45) is 5.92 Å². The fourth-order valence-electron chi connectivity index (χ4n) is 7.51. The molecule has 332 valence electrons. The van der Waals surface area contributed by atoms with Gasteiger partial charge in [0.25, 0.3) is 0 Å². The fourth-order valence-corrected chi connectivity index (χ4v) is 7.51. The number of carbonyl (C=O) groups excluding carboxylic acids is 3. The van der Waals surface area contributed by atoms with E-state index in [1.165, 1.54) is 173 Å². The first kappa shape index (κ1) is 54.4. The van der Waals surface area contributed by atoms with Crippen molar-refractivity contribution >= 4 is 17.9 Å². The van der Waals surface area contributed by atoms with Crippen LogP contribution in [-0.4, -0.2) is 37.2 Å². The predicted octanol–water partition coefficient (Wildman–Crippen LogP) is 15.9. The van der Waals surface area contributed by atoms with E-state index >= 15 is 0 Å². The maximum Gasteiger partial charge on any atom is 0.306 e. The lowest BCUT2D eigenvalue weighted by atomic mass is 10.0. The average Bonchev–Trinajstić information content (AvgIpc) is 3.18. The van der Waals surface area contributed by atoms with Crippen LogP contribution in [0.1, 0.15) is 278 Å². The zero-order valence-corrected chi connectivity index (χ0v) is 38.1. The molecule has 0 heterocycles. The van der Waals surface area contributed by atoms with Crippen LogP contribution in [-0.2, 0) is 28.6 Å². The minimum Gasteiger partial charge on any atom is -0.462 e. The highest BCUT2D eigenvalue weighted by Gasteiger charge is 2.19. The number of unbranched alkanes of at least 4 members (excludes halogenated alkanes) is 32. The summed E-state index contributed by atoms with van der Waals surface area (Å²) in [6, 6.07) is 0. The number of hydrogen-bond acceptors (Lipinski definition) is 6. The molecule has 0 spiro atoms. The van der Waals surface area contributed by atoms with Gasteiger partial charge < -0.3 is 14.2 Å². The zero-order chi connectivity index (χ0) is 41.0. The van der Waals surface area contributed by atoms with E-state index in [2.05, 4.69) is 27.7 Å². The molecule has 0 N–H and O–H groups in total. The van der Waals surface area contributed by atoms with Gasteiger partial charge in [0, 0.05) is 19.3 Å². The van der Waals surface area contributed by atoms with Gasteiger partial charge in [-0.05, 0) is 25.2 Å². The largest absolute Gasteiger partial charge is 0.462 e. The molecule has 6 nitrogen and oxygen atoms in total. The molecule has 0 aromatic carbocycles. The van der Waals surface area contributed by atoms with E-state index < -0.39 is 6.10 Å². The summed E-state index contributed by atoms with van der Waals surface area (Å²) in [4.78, 5) is 37.8. The molecule has 0 unspecified atom stereocenters. The molecule has 0 radical (unpaired) electrons. The van der Waals surface area contributed by atoms with Crippen LogP contribution < -0.4 is 0 Å². The highest BCUT2D eigenvalue weighted by atomic mass is 16.6. The summed E-state index contributed by atoms with van der Waals surface area (Å²) in [6.45, 7) is 8.99. The Morgan fingerprint density at radius 3 is 0.875 bits per heavy atom. The van der Waals surface area contributed by atoms with E-state index in [1.54, 1.807) is 0 Å². The lowest BCUT2D eigenvalue weighted by Crippen LogP contribution is -2.30. The van der Waals surface area contributed by atoms with Gasteiger partial charge in [-0.2, -0.15) is 0 Å². The SMILES string of the molecule is CCCCCCCCCCCCCCCCCCC(=O)OC[C@@H](COC(=O)CCCCCCCCCCCC(C)C)OC(=O)CCCCCCCCCCCC. The maximum atomic E-state index is 12.7. The van der Waals surface area contributed by atoms with Crippen LogP contribution in [0.2, 0.25) is 0 Å². The van der Waals surface area contributed by atoms with Crippen molar-refractivity contribution < 1.29 is 28.6 Å². The summed E-state index contributed by atoms with van der Waals surface area (Å²) in [5.74, 6) is -0.0413. The molecule has 0 aromatic rings. The lowest BCUT2D eigenvalue weighted by molar-refractivity contribution is -0.167. The molecule has 0 saturated carbocycles. The first-order valence-corrected chi connectivity index (χ1v) is 24.9. The number of hydrogen-bond donors (Lipinski definition) is 0. The van der Waals surface area contributed by atoms with Crippen molar-refractivity contribution in [3.05, 3.63) is 0 Å². The van der Waals surface area contributed by atoms with E-state index in [4.69, 9.17) is 14.2 Å². The number of carbonyl (C=O) groups is 3. The first-order chi connectivity index (χ1) is 27.4. The van der Waals surface area contributed by atoms with Gasteiger partial charge in [0.2, 0.25) is 0 Å². The Kier molecular flexibility index (Phi) is 43.2. The zero-order valence-electron chi connectivity index (χ0n) is 38.1. The van der Waals surface area contributed by atoms with Crippen LogP contribution in [0.4, 0.5) is 0 Å². The molecule has 0 saturated heterocycles. The van der Waals surface area contributed by atoms with Crippen molar-refractivity contribution in [2.45, 2.75) is 284 Å². The van der Waals surface area contributed by atoms with Gasteiger partial charge in [0.15, 0.2) is 6.10 Å². The number of ether oxygens (including phenoxy) is 3. The van der Waals surface area contributed by atoms with Crippen LogP contribution in [0, 0.1) is 5.92 Å². The van der Waals surface area contributed by atoms with Gasteiger partial charge in [-0.15, -0.1) is 0 Å². The van der Waals surface area contributed by atoms with E-state index in [0.29, 0.717) is 19.3 Å². The fraction of sp³-hybridized carbons (Fsp3) is 0.940. The summed E-state index contributed by atoms with van der Waals surface area (Å²) in [6.07, 6.45) is 45.2. The Morgan fingerprint density at radius 2 is 0.589 bits per heavy atom. The second kappa shape index (κ2) is 44.5. The molecule has 56 heavy (non-hydrogen) atoms. The molecule has 0 aromatic heterocycles. The summed E-state index contributed by atoms with van der Waals surface area (Å²) < 4.78 is 16.8. The van der Waals surface area contributed by atoms with Crippen LogP contribution in [0.15, 0.2) is 0 Å². The third-order valence-corrected chi connectivity index (χ3v) is 11.3. The molecule has 0 aliphatic heterocycles. The molecular weight excluding hydrogens is 697 g/mol. The highest BCUT2D eigenvalue weighted by molar-refractivity contribution is 5.71. The number of rotatable bonds is 45. The van der Waals surface area contributed by atoms with Gasteiger partial charge >= 0.3 is 17.9 Å². The predicted molar refractivity (Wildman–Crippen MR) is 238 cm³/mol. The van der Waals surface area contributed by atoms with E-state index in [9.17, 15) is 14.4 Å². The Hall–Kier alpha value is -1.59. The second-order valence-corrected chi connectivity index (χ2v) is 17.6. The Balaban J connectivity index is 4.27. The standard InChI is InChI=1S/C50H96O6/c1-5-7-9-11-13-15-17-18-19-20-21-22-26-29-33-37-41-48(51)54-44-47(56-50(53)43-39-35-31-25-16-14-12-10-8-6-2)45-55-49(52)42-38-34-30-27-23-24-28-32-36-40-46(3)4/h46-47H,5-45H2,1-4H3/t47-/m0/s1. The van der Waals surface area contributed by atoms with E-state index in [1.807, 2.05) is 0 Å². The summed E-state index contributed by atoms with van der Waals surface area (Å²) >= 11 is 0. The van der Waals surface area contributed by atoms with Gasteiger partial charge in [-0.3, -0.25) is 14.4 Å². The molecule has 6 heteroatoms. The van der Waals surface area contributed by atoms with Crippen molar-refractivity contribution in [2.75, 3.05) is 13.2 Å². The summed E-state index contributed by atoms with van der Waals surface area (Å²) in [5.41, 5.74) is 0. The summed E-state index contributed by atoms with van der Waals surface area (Å²) in [7, 11) is 0. The lowest BCUT2D eigenvalue weighted by Gasteiger charge is -2.18. The molecule has 0 rings (SSSR count). The number of esters is 3. The monoisotopic (exact) mass is 793 g/mol. The van der Waals surface area contributed by atoms with Gasteiger partial charge in [0.05, 0.1) is 0 Å². The maximum absolute atomic E-state index is 12.7. The molecule has 0 aliphatic carbocycles. The van der Waals surface area contributed by atoms with Gasteiger partial charge in [0.1, 0.15) is 13.2 Å². The average molecular weight is 793 g/mol. The summed E-state index contributed by atoms with van der Waals surface area (Å²) in [5, 5.41) is 0. The van der Waals surface area contributed by atoms with Crippen molar-refractivity contribution in [3.63, 3.8) is 0 Å². The van der Waals surface area contributed by atoms with Crippen molar-refractivity contribution in [3.8, 4) is 0 Å². The molecular formula is C50H96O6. The Morgan fingerprint density at radius 1 is 0.339 bits per heavy atom. The van der Waals surface area contributed by atoms with Crippen LogP contribution in [0.3, 0.4) is 0 Å².